The molecule has 0 aromatic carbocycles. The molecular weight excluding hydrogens is 346 g/mol. The predicted molar refractivity (Wildman–Crippen MR) is 36.2 cm³/mol. The van der Waals surface area contributed by atoms with Crippen molar-refractivity contribution < 1.29 is 27.7 Å². The van der Waals surface area contributed by atoms with Gasteiger partial charge in [-0.15, -0.1) is 0 Å². The first-order valence-corrected chi connectivity index (χ1v) is 3.05. The van der Waals surface area contributed by atoms with Crippen LogP contribution in [0, 0.1) is 6.57 Å². The summed E-state index contributed by atoms with van der Waals surface area (Å²) in [5, 5.41) is 0. The van der Waals surface area contributed by atoms with Crippen molar-refractivity contribution in [2.75, 3.05) is 0 Å². The van der Waals surface area contributed by atoms with Crippen LogP contribution < -0.4 is 0 Å². The molecule has 0 aliphatic rings. The standard InChI is InChI=1S/C5H7Cl2N.Hg/c1-5(2,8-3)4(6)7;/h4H,1-2H3;. The topological polar surface area (TPSA) is 4.36 Å². The fourth-order valence-corrected chi connectivity index (χ4v) is 0.146. The molecule has 0 amide bonds. The molecule has 0 radical (unpaired) electrons. The first-order valence-electron chi connectivity index (χ1n) is 2.17. The summed E-state index contributed by atoms with van der Waals surface area (Å²) < 4.78 is 0. The molecule has 0 atom stereocenters. The molecule has 1 nitrogen and oxygen atoms in total. The van der Waals surface area contributed by atoms with Crippen LogP contribution in [0.2, 0.25) is 0 Å². The summed E-state index contributed by atoms with van der Waals surface area (Å²) in [6.45, 7) is 9.99. The Balaban J connectivity index is 0. The van der Waals surface area contributed by atoms with Crippen LogP contribution in [0.4, 0.5) is 0 Å². The van der Waals surface area contributed by atoms with Crippen molar-refractivity contribution in [2.24, 2.45) is 0 Å². The maximum absolute atomic E-state index is 6.59. The molecule has 0 saturated carbocycles. The number of rotatable bonds is 1. The van der Waals surface area contributed by atoms with Crippen molar-refractivity contribution in [1.82, 2.24) is 0 Å². The Kier molecular flexibility index (Phi) is 6.70. The Labute approximate surface area is 86.0 Å². The summed E-state index contributed by atoms with van der Waals surface area (Å²) in [6, 6.07) is 0. The van der Waals surface area contributed by atoms with Crippen LogP contribution in [-0.2, 0) is 27.7 Å². The van der Waals surface area contributed by atoms with Crippen LogP contribution in [0.1, 0.15) is 13.8 Å². The first-order chi connectivity index (χ1) is 3.50. The van der Waals surface area contributed by atoms with Gasteiger partial charge in [-0.25, -0.2) is 6.57 Å². The Morgan fingerprint density at radius 2 is 1.78 bits per heavy atom. The van der Waals surface area contributed by atoms with Crippen LogP contribution in [0.5, 0.6) is 0 Å². The minimum absolute atomic E-state index is 0. The van der Waals surface area contributed by atoms with Crippen LogP contribution in [0.25, 0.3) is 4.85 Å². The van der Waals surface area contributed by atoms with Gasteiger partial charge >= 0.3 is 0 Å². The third kappa shape index (κ3) is 4.41. The molecule has 0 unspecified atom stereocenters. The second-order valence-electron chi connectivity index (χ2n) is 2.07. The van der Waals surface area contributed by atoms with E-state index in [1.54, 1.807) is 13.8 Å². The molecule has 0 bridgehead atoms. The van der Waals surface area contributed by atoms with E-state index in [9.17, 15) is 0 Å². The summed E-state index contributed by atoms with van der Waals surface area (Å²) in [7, 11) is 0. The summed E-state index contributed by atoms with van der Waals surface area (Å²) in [5.41, 5.74) is -0.636. The molecule has 0 N–H and O–H groups in total. The quantitative estimate of drug-likeness (QED) is 0.388. The molecule has 0 aromatic heterocycles. The molecule has 0 rings (SSSR count). The van der Waals surface area contributed by atoms with E-state index in [1.807, 2.05) is 0 Å². The van der Waals surface area contributed by atoms with E-state index in [-0.39, 0.29) is 27.7 Å². The number of alkyl halides is 2. The molecule has 0 spiro atoms. The maximum Gasteiger partial charge on any atom is 0.256 e. The Morgan fingerprint density at radius 1 is 1.44 bits per heavy atom. The van der Waals surface area contributed by atoms with Crippen LogP contribution in [0.3, 0.4) is 0 Å². The molecule has 0 heterocycles. The van der Waals surface area contributed by atoms with Crippen LogP contribution >= 0.6 is 23.2 Å². The predicted octanol–water partition coefficient (Wildman–Crippen LogP) is 2.49. The molecule has 0 aliphatic heterocycles. The summed E-state index contributed by atoms with van der Waals surface area (Å²) in [5.74, 6) is 0. The second-order valence-corrected chi connectivity index (χ2v) is 3.16. The normalized spacial score (nSPS) is 10.2. The van der Waals surface area contributed by atoms with Crippen molar-refractivity contribution in [3.63, 3.8) is 0 Å². The van der Waals surface area contributed by atoms with Gasteiger partial charge in [0.15, 0.2) is 4.84 Å². The van der Waals surface area contributed by atoms with E-state index in [0.29, 0.717) is 0 Å². The molecule has 0 aromatic rings. The van der Waals surface area contributed by atoms with Crippen LogP contribution in [-0.4, -0.2) is 10.4 Å². The molecule has 0 saturated heterocycles. The van der Waals surface area contributed by atoms with Gasteiger partial charge in [-0.05, 0) is 0 Å². The number of halogens is 2. The van der Waals surface area contributed by atoms with Gasteiger partial charge in [0.2, 0.25) is 0 Å². The molecule has 4 heteroatoms. The summed E-state index contributed by atoms with van der Waals surface area (Å²) in [6.07, 6.45) is 0. The molecule has 0 fully saturated rings. The largest absolute Gasteiger partial charge is 0.308 e. The second kappa shape index (κ2) is 4.76. The minimum Gasteiger partial charge on any atom is -0.308 e. The van der Waals surface area contributed by atoms with Crippen molar-refractivity contribution in [3.05, 3.63) is 11.4 Å². The Bertz CT molecular complexity index is 117. The molecular formula is C5H7Cl2HgN. The van der Waals surface area contributed by atoms with Crippen molar-refractivity contribution >= 4 is 23.2 Å². The molecule has 0 aliphatic carbocycles. The smallest absolute Gasteiger partial charge is 0.256 e. The average Bonchev–Trinajstić information content (AvgIpc) is 1.67. The SMILES string of the molecule is [C-]#[N+]C(C)(C)C(Cl)Cl.[Hg]. The van der Waals surface area contributed by atoms with Gasteiger partial charge in [0.1, 0.15) is 0 Å². The fourth-order valence-electron chi connectivity index (χ4n) is 0.0488. The molecule has 48 valence electrons. The van der Waals surface area contributed by atoms with E-state index < -0.39 is 10.4 Å². The van der Waals surface area contributed by atoms with Gasteiger partial charge in [-0.3, -0.25) is 0 Å². The fraction of sp³-hybridized carbons (Fsp3) is 0.800. The third-order valence-corrected chi connectivity index (χ3v) is 1.89. The zero-order valence-electron chi connectivity index (χ0n) is 5.49. The minimum atomic E-state index is -0.636. The van der Waals surface area contributed by atoms with Crippen molar-refractivity contribution in [2.45, 2.75) is 24.2 Å². The van der Waals surface area contributed by atoms with Gasteiger partial charge in [0.05, 0.1) is 0 Å². The van der Waals surface area contributed by atoms with Gasteiger partial charge in [0, 0.05) is 41.5 Å². The monoisotopic (exact) mass is 353 g/mol. The van der Waals surface area contributed by atoms with Crippen molar-refractivity contribution in [1.29, 1.82) is 0 Å². The zero-order chi connectivity index (χ0) is 6.78. The van der Waals surface area contributed by atoms with Gasteiger partial charge in [-0.2, -0.15) is 0 Å². The van der Waals surface area contributed by atoms with E-state index in [2.05, 4.69) is 4.85 Å². The maximum atomic E-state index is 6.59. The van der Waals surface area contributed by atoms with E-state index in [1.165, 1.54) is 0 Å². The summed E-state index contributed by atoms with van der Waals surface area (Å²) >= 11 is 10.8. The van der Waals surface area contributed by atoms with Gasteiger partial charge in [0.25, 0.3) is 5.54 Å². The number of hydrogen-bond acceptors (Lipinski definition) is 0. The Morgan fingerprint density at radius 3 is 1.78 bits per heavy atom. The molecule has 9 heavy (non-hydrogen) atoms. The first kappa shape index (κ1) is 12.7. The van der Waals surface area contributed by atoms with E-state index in [4.69, 9.17) is 29.8 Å². The van der Waals surface area contributed by atoms with E-state index >= 15 is 0 Å². The Hall–Kier alpha value is 1.01. The van der Waals surface area contributed by atoms with E-state index in [0.717, 1.165) is 0 Å². The summed E-state index contributed by atoms with van der Waals surface area (Å²) in [4.78, 5) is 2.61. The van der Waals surface area contributed by atoms with Crippen LogP contribution in [0.15, 0.2) is 0 Å². The van der Waals surface area contributed by atoms with Crippen molar-refractivity contribution in [3.8, 4) is 0 Å². The zero-order valence-corrected chi connectivity index (χ0v) is 12.5. The third-order valence-electron chi connectivity index (χ3n) is 0.822. The van der Waals surface area contributed by atoms with Gasteiger partial charge < -0.3 is 4.85 Å². The average molecular weight is 353 g/mol. The number of hydrogen-bond donors (Lipinski definition) is 0. The number of nitrogens with zero attached hydrogens (tertiary/aromatic N) is 1. The van der Waals surface area contributed by atoms with Gasteiger partial charge in [-0.1, -0.05) is 23.2 Å².